The van der Waals surface area contributed by atoms with Crippen molar-refractivity contribution in [2.24, 2.45) is 5.92 Å². The highest BCUT2D eigenvalue weighted by Gasteiger charge is 2.32. The van der Waals surface area contributed by atoms with E-state index >= 15 is 0 Å². The van der Waals surface area contributed by atoms with Crippen LogP contribution < -0.4 is 5.32 Å². The van der Waals surface area contributed by atoms with Gasteiger partial charge in [-0.2, -0.15) is 18.4 Å². The molecule has 1 aliphatic heterocycles. The Kier molecular flexibility index (Phi) is 7.34. The first-order valence-corrected chi connectivity index (χ1v) is 8.78. The molecule has 0 aliphatic carbocycles. The van der Waals surface area contributed by atoms with Crippen LogP contribution in [0.4, 0.5) is 17.6 Å². The van der Waals surface area contributed by atoms with Gasteiger partial charge in [-0.05, 0) is 50.2 Å². The van der Waals surface area contributed by atoms with E-state index in [4.69, 9.17) is 10.7 Å². The number of ketones is 1. The third-order valence-electron chi connectivity index (χ3n) is 4.54. The number of halogens is 4. The van der Waals surface area contributed by atoms with Crippen molar-refractivity contribution in [3.05, 3.63) is 35.6 Å². The summed E-state index contributed by atoms with van der Waals surface area (Å²) in [6.07, 6.45) is -1.97. The monoisotopic (exact) mass is 399 g/mol. The van der Waals surface area contributed by atoms with Crippen molar-refractivity contribution in [3.63, 3.8) is 0 Å². The minimum absolute atomic E-state index is 0.0173. The zero-order valence-electron chi connectivity index (χ0n) is 15.1. The molecule has 1 aliphatic rings. The molecule has 152 valence electrons. The molecule has 1 aromatic carbocycles. The van der Waals surface area contributed by atoms with Crippen LogP contribution in [0.3, 0.4) is 0 Å². The predicted octanol–water partition coefficient (Wildman–Crippen LogP) is 2.59. The molecule has 10 heteroatoms. The molecule has 0 amide bonds. The van der Waals surface area contributed by atoms with Crippen molar-refractivity contribution in [2.75, 3.05) is 32.7 Å². The van der Waals surface area contributed by atoms with Crippen LogP contribution in [-0.4, -0.2) is 60.4 Å². The summed E-state index contributed by atoms with van der Waals surface area (Å²) in [5.74, 6) is -1.15. The highest BCUT2D eigenvalue weighted by atomic mass is 19.4. The molecule has 0 spiro atoms. The fraction of sp³-hybridized carbons (Fsp3) is 0.500. The Balaban J connectivity index is 1.72. The largest absolute Gasteiger partial charge is 0.407 e. The van der Waals surface area contributed by atoms with Crippen molar-refractivity contribution in [3.8, 4) is 6.19 Å². The molecule has 28 heavy (non-hydrogen) atoms. The first-order valence-electron chi connectivity index (χ1n) is 8.78. The minimum atomic E-state index is -4.57. The Hall–Kier alpha value is -2.67. The number of carbonyl (C=O) groups excluding carboxylic acids is 1. The van der Waals surface area contributed by atoms with Crippen LogP contribution in [0.25, 0.3) is 0 Å². The second-order valence-corrected chi connectivity index (χ2v) is 6.56. The van der Waals surface area contributed by atoms with E-state index in [1.165, 1.54) is 30.5 Å². The molecule has 6 nitrogen and oxygen atoms in total. The van der Waals surface area contributed by atoms with Gasteiger partial charge in [0.25, 0.3) is 0 Å². The van der Waals surface area contributed by atoms with Gasteiger partial charge in [0, 0.05) is 24.6 Å². The molecule has 2 rings (SSSR count). The van der Waals surface area contributed by atoms with Gasteiger partial charge in [0.1, 0.15) is 12.4 Å². The summed E-state index contributed by atoms with van der Waals surface area (Å²) in [6.45, 7) is 0.455. The molecule has 1 aromatic rings. The summed E-state index contributed by atoms with van der Waals surface area (Å²) >= 11 is 0. The molecule has 0 unspecified atom stereocenters. The van der Waals surface area contributed by atoms with E-state index in [0.717, 1.165) is 0 Å². The smallest absolute Gasteiger partial charge is 0.354 e. The van der Waals surface area contributed by atoms with Crippen LogP contribution in [0.5, 0.6) is 0 Å². The van der Waals surface area contributed by atoms with E-state index < -0.39 is 24.5 Å². The molecule has 1 saturated heterocycles. The summed E-state index contributed by atoms with van der Waals surface area (Å²) in [5.41, 5.74) is 0.483. The Morgan fingerprint density at radius 1 is 1.29 bits per heavy atom. The molecular formula is C18H21F4N5O. The minimum Gasteiger partial charge on any atom is -0.354 e. The fourth-order valence-corrected chi connectivity index (χ4v) is 3.04. The van der Waals surface area contributed by atoms with Gasteiger partial charge in [-0.1, -0.05) is 0 Å². The molecule has 0 aromatic heterocycles. The van der Waals surface area contributed by atoms with Gasteiger partial charge >= 0.3 is 6.18 Å². The van der Waals surface area contributed by atoms with E-state index in [1.54, 1.807) is 0 Å². The number of benzene rings is 1. The summed E-state index contributed by atoms with van der Waals surface area (Å²) in [6, 6.07) is 5.46. The molecule has 2 N–H and O–H groups in total. The number of Topliss-reactive ketones (excluding diaryl/α,β-unsaturated/α-hetero) is 1. The van der Waals surface area contributed by atoms with E-state index in [2.05, 4.69) is 5.32 Å². The molecule has 0 bridgehead atoms. The van der Waals surface area contributed by atoms with Crippen LogP contribution in [-0.2, 0) is 0 Å². The number of hydrogen-bond acceptors (Lipinski definition) is 4. The normalized spacial score (nSPS) is 15.7. The molecule has 0 atom stereocenters. The zero-order valence-corrected chi connectivity index (χ0v) is 15.1. The summed E-state index contributed by atoms with van der Waals surface area (Å²) < 4.78 is 50.0. The van der Waals surface area contributed by atoms with Gasteiger partial charge in [0.05, 0.1) is 0 Å². The maximum absolute atomic E-state index is 13.0. The topological polar surface area (TPSA) is 83.2 Å². The Bertz CT molecular complexity index is 721. The lowest BCUT2D eigenvalue weighted by Crippen LogP contribution is -2.46. The summed E-state index contributed by atoms with van der Waals surface area (Å²) in [7, 11) is 0. The molecular weight excluding hydrogens is 378 g/mol. The quantitative estimate of drug-likeness (QED) is 0.192. The zero-order chi connectivity index (χ0) is 20.7. The standard InChI is InChI=1S/C18H21F4N5O/c19-15-3-1-13(2-4-15)16(28)14-5-8-26(9-6-14)10-7-25-17(24)27(12-23)11-18(20,21)22/h1-4,14H,5-11H2,(H2,24,25). The van der Waals surface area contributed by atoms with Crippen molar-refractivity contribution < 1.29 is 22.4 Å². The number of alkyl halides is 3. The lowest BCUT2D eigenvalue weighted by atomic mass is 9.89. The van der Waals surface area contributed by atoms with E-state index in [9.17, 15) is 22.4 Å². The molecule has 0 radical (unpaired) electrons. The van der Waals surface area contributed by atoms with Crippen LogP contribution in [0.1, 0.15) is 23.2 Å². The number of guanidine groups is 1. The SMILES string of the molecule is N#CN(CC(F)(F)F)C(=N)NCCN1CCC(C(=O)c2ccc(F)cc2)CC1. The van der Waals surface area contributed by atoms with E-state index in [-0.39, 0.29) is 23.1 Å². The Morgan fingerprint density at radius 2 is 1.89 bits per heavy atom. The highest BCUT2D eigenvalue weighted by molar-refractivity contribution is 5.97. The second-order valence-electron chi connectivity index (χ2n) is 6.56. The maximum Gasteiger partial charge on any atom is 0.407 e. The van der Waals surface area contributed by atoms with Gasteiger partial charge in [-0.3, -0.25) is 10.2 Å². The molecule has 0 saturated carbocycles. The van der Waals surface area contributed by atoms with Gasteiger partial charge in [-0.15, -0.1) is 0 Å². The van der Waals surface area contributed by atoms with Crippen molar-refractivity contribution in [2.45, 2.75) is 19.0 Å². The van der Waals surface area contributed by atoms with Crippen molar-refractivity contribution >= 4 is 11.7 Å². The number of rotatable bonds is 6. The predicted molar refractivity (Wildman–Crippen MR) is 94.0 cm³/mol. The second kappa shape index (κ2) is 9.50. The lowest BCUT2D eigenvalue weighted by molar-refractivity contribution is -0.133. The van der Waals surface area contributed by atoms with E-state index in [0.29, 0.717) is 38.0 Å². The molecule has 1 heterocycles. The number of carbonyl (C=O) groups is 1. The number of nitrogens with zero attached hydrogens (tertiary/aromatic N) is 3. The third kappa shape index (κ3) is 6.49. The summed E-state index contributed by atoms with van der Waals surface area (Å²) in [5, 5.41) is 18.8. The summed E-state index contributed by atoms with van der Waals surface area (Å²) in [4.78, 5) is 14.7. The number of likely N-dealkylation sites (tertiary alicyclic amines) is 1. The average Bonchev–Trinajstić information content (AvgIpc) is 2.66. The highest BCUT2D eigenvalue weighted by Crippen LogP contribution is 2.22. The fourth-order valence-electron chi connectivity index (χ4n) is 3.04. The van der Waals surface area contributed by atoms with Gasteiger partial charge < -0.3 is 10.2 Å². The number of nitrogens with one attached hydrogen (secondary N) is 2. The van der Waals surface area contributed by atoms with E-state index in [1.807, 2.05) is 4.90 Å². The third-order valence-corrected chi connectivity index (χ3v) is 4.54. The Morgan fingerprint density at radius 3 is 2.43 bits per heavy atom. The van der Waals surface area contributed by atoms with Crippen LogP contribution in [0.2, 0.25) is 0 Å². The first kappa shape index (κ1) is 21.6. The average molecular weight is 399 g/mol. The number of piperidine rings is 1. The van der Waals surface area contributed by atoms with Crippen LogP contribution >= 0.6 is 0 Å². The van der Waals surface area contributed by atoms with Gasteiger partial charge in [0.2, 0.25) is 5.96 Å². The molecule has 1 fully saturated rings. The van der Waals surface area contributed by atoms with Crippen LogP contribution in [0.15, 0.2) is 24.3 Å². The van der Waals surface area contributed by atoms with Gasteiger partial charge in [-0.25, -0.2) is 9.29 Å². The maximum atomic E-state index is 13.0. The first-order chi connectivity index (χ1) is 13.2. The van der Waals surface area contributed by atoms with Crippen LogP contribution in [0, 0.1) is 28.6 Å². The lowest BCUT2D eigenvalue weighted by Gasteiger charge is -2.31. The number of hydrogen-bond donors (Lipinski definition) is 2. The number of nitriles is 1. The van der Waals surface area contributed by atoms with Crippen molar-refractivity contribution in [1.29, 1.82) is 10.7 Å². The van der Waals surface area contributed by atoms with Gasteiger partial charge in [0.15, 0.2) is 12.0 Å². The van der Waals surface area contributed by atoms with Crippen molar-refractivity contribution in [1.82, 2.24) is 15.1 Å². The Labute approximate surface area is 160 Å².